The van der Waals surface area contributed by atoms with Crippen LogP contribution in [-0.2, 0) is 9.63 Å². The molecule has 0 aliphatic rings. The molecule has 0 unspecified atom stereocenters. The first-order valence-electron chi connectivity index (χ1n) is 6.58. The molecule has 0 heterocycles. The smallest absolute Gasteiger partial charge is 0.289 e. The number of hydrogen-bond donors (Lipinski definition) is 2. The highest BCUT2D eigenvalue weighted by molar-refractivity contribution is 5.92. The van der Waals surface area contributed by atoms with Crippen molar-refractivity contribution in [2.75, 3.05) is 6.61 Å². The maximum Gasteiger partial charge on any atom is 0.289 e. The van der Waals surface area contributed by atoms with E-state index in [9.17, 15) is 4.79 Å². The van der Waals surface area contributed by atoms with Crippen LogP contribution in [0, 0.1) is 0 Å². The monoisotopic (exact) mass is 296 g/mol. The van der Waals surface area contributed by atoms with Crippen LogP contribution in [0.4, 0.5) is 0 Å². The third-order valence-electron chi connectivity index (χ3n) is 2.74. The summed E-state index contributed by atoms with van der Waals surface area (Å²) in [5, 5.41) is 3.69. The SMILES string of the molecule is NC(N)=NC(=O)CO/N=C/c1ccc(-c2ccccc2)cc1. The highest BCUT2D eigenvalue weighted by Gasteiger charge is 1.99. The van der Waals surface area contributed by atoms with E-state index in [-0.39, 0.29) is 12.6 Å². The van der Waals surface area contributed by atoms with E-state index in [4.69, 9.17) is 16.3 Å². The van der Waals surface area contributed by atoms with Gasteiger partial charge in [0.05, 0.1) is 6.21 Å². The van der Waals surface area contributed by atoms with E-state index in [0.29, 0.717) is 0 Å². The van der Waals surface area contributed by atoms with Gasteiger partial charge in [0.25, 0.3) is 5.91 Å². The van der Waals surface area contributed by atoms with Gasteiger partial charge in [-0.1, -0.05) is 59.8 Å². The molecular weight excluding hydrogens is 280 g/mol. The maximum atomic E-state index is 11.1. The normalized spacial score (nSPS) is 10.4. The summed E-state index contributed by atoms with van der Waals surface area (Å²) < 4.78 is 0. The molecule has 0 bridgehead atoms. The number of benzene rings is 2. The molecule has 6 nitrogen and oxygen atoms in total. The van der Waals surface area contributed by atoms with Crippen molar-refractivity contribution in [2.24, 2.45) is 21.6 Å². The van der Waals surface area contributed by atoms with Gasteiger partial charge in [-0.15, -0.1) is 0 Å². The number of nitrogens with two attached hydrogens (primary N) is 2. The number of carbonyl (C=O) groups is 1. The lowest BCUT2D eigenvalue weighted by Gasteiger charge is -2.01. The van der Waals surface area contributed by atoms with Crippen molar-refractivity contribution in [1.82, 2.24) is 0 Å². The van der Waals surface area contributed by atoms with E-state index >= 15 is 0 Å². The molecule has 6 heteroatoms. The first-order chi connectivity index (χ1) is 10.6. The summed E-state index contributed by atoms with van der Waals surface area (Å²) in [5.41, 5.74) is 13.2. The maximum absolute atomic E-state index is 11.1. The predicted octanol–water partition coefficient (Wildman–Crippen LogP) is 1.50. The topological polar surface area (TPSA) is 103 Å². The Morgan fingerprint density at radius 2 is 1.64 bits per heavy atom. The Labute approximate surface area is 128 Å². The van der Waals surface area contributed by atoms with Crippen LogP contribution in [0.15, 0.2) is 64.7 Å². The van der Waals surface area contributed by atoms with Crippen LogP contribution in [-0.4, -0.2) is 24.7 Å². The highest BCUT2D eigenvalue weighted by atomic mass is 16.6. The average molecular weight is 296 g/mol. The molecule has 2 rings (SSSR count). The Balaban J connectivity index is 1.90. The van der Waals surface area contributed by atoms with Gasteiger partial charge in [0.2, 0.25) is 0 Å². The standard InChI is InChI=1S/C16H16N4O2/c17-16(18)20-15(21)11-22-19-10-12-6-8-14(9-7-12)13-4-2-1-3-5-13/h1-10H,11H2,(H4,17,18,20,21)/b19-10+. The number of aliphatic imine (C=N–C) groups is 1. The molecule has 0 fully saturated rings. The van der Waals surface area contributed by atoms with Crippen molar-refractivity contribution < 1.29 is 9.63 Å². The summed E-state index contributed by atoms with van der Waals surface area (Å²) >= 11 is 0. The molecule has 22 heavy (non-hydrogen) atoms. The van der Waals surface area contributed by atoms with E-state index in [2.05, 4.69) is 10.1 Å². The fraction of sp³-hybridized carbons (Fsp3) is 0.0625. The van der Waals surface area contributed by atoms with Gasteiger partial charge in [-0.3, -0.25) is 4.79 Å². The summed E-state index contributed by atoms with van der Waals surface area (Å²) in [6.07, 6.45) is 1.51. The van der Waals surface area contributed by atoms with Crippen molar-refractivity contribution in [3.63, 3.8) is 0 Å². The number of oxime groups is 1. The van der Waals surface area contributed by atoms with E-state index in [1.54, 1.807) is 0 Å². The Kier molecular flexibility index (Phi) is 5.25. The minimum Gasteiger partial charge on any atom is -0.386 e. The molecule has 0 aromatic heterocycles. The fourth-order valence-corrected chi connectivity index (χ4v) is 1.76. The van der Waals surface area contributed by atoms with Crippen LogP contribution in [0.5, 0.6) is 0 Å². The predicted molar refractivity (Wildman–Crippen MR) is 86.2 cm³/mol. The lowest BCUT2D eigenvalue weighted by atomic mass is 10.0. The van der Waals surface area contributed by atoms with Gasteiger partial charge in [-0.2, -0.15) is 4.99 Å². The van der Waals surface area contributed by atoms with Crippen molar-refractivity contribution in [2.45, 2.75) is 0 Å². The second-order valence-corrected chi connectivity index (χ2v) is 4.43. The molecule has 2 aromatic carbocycles. The van der Waals surface area contributed by atoms with E-state index < -0.39 is 5.91 Å². The summed E-state index contributed by atoms with van der Waals surface area (Å²) in [4.78, 5) is 19.2. The molecule has 0 spiro atoms. The summed E-state index contributed by atoms with van der Waals surface area (Å²) in [6, 6.07) is 17.8. The zero-order valence-electron chi connectivity index (χ0n) is 11.8. The Hall–Kier alpha value is -3.15. The van der Waals surface area contributed by atoms with Gasteiger partial charge in [-0.25, -0.2) is 0 Å². The lowest BCUT2D eigenvalue weighted by molar-refractivity contribution is -0.122. The van der Waals surface area contributed by atoms with Crippen LogP contribution in [0.1, 0.15) is 5.56 Å². The Bertz CT molecular complexity index is 675. The number of guanidine groups is 1. The van der Waals surface area contributed by atoms with Crippen LogP contribution in [0.25, 0.3) is 11.1 Å². The Morgan fingerprint density at radius 3 is 2.27 bits per heavy atom. The number of carbonyl (C=O) groups excluding carboxylic acids is 1. The van der Waals surface area contributed by atoms with Gasteiger partial charge in [-0.05, 0) is 16.7 Å². The van der Waals surface area contributed by atoms with Crippen molar-refractivity contribution in [3.05, 3.63) is 60.2 Å². The van der Waals surface area contributed by atoms with Crippen LogP contribution in [0.3, 0.4) is 0 Å². The second kappa shape index (κ2) is 7.58. The minimum atomic E-state index is -0.587. The Morgan fingerprint density at radius 1 is 1.00 bits per heavy atom. The fourth-order valence-electron chi connectivity index (χ4n) is 1.76. The van der Waals surface area contributed by atoms with Gasteiger partial charge in [0, 0.05) is 0 Å². The molecule has 0 aliphatic carbocycles. The van der Waals surface area contributed by atoms with Crippen LogP contribution < -0.4 is 11.5 Å². The first-order valence-corrected chi connectivity index (χ1v) is 6.58. The highest BCUT2D eigenvalue weighted by Crippen LogP contribution is 2.18. The van der Waals surface area contributed by atoms with Crippen LogP contribution in [0.2, 0.25) is 0 Å². The molecule has 0 atom stereocenters. The van der Waals surface area contributed by atoms with E-state index in [1.165, 1.54) is 6.21 Å². The van der Waals surface area contributed by atoms with E-state index in [1.807, 2.05) is 54.6 Å². The van der Waals surface area contributed by atoms with Gasteiger partial charge in [0.15, 0.2) is 12.6 Å². The number of hydrogen-bond acceptors (Lipinski definition) is 3. The van der Waals surface area contributed by atoms with Crippen molar-refractivity contribution in [3.8, 4) is 11.1 Å². The quantitative estimate of drug-likeness (QED) is 0.496. The first kappa shape index (κ1) is 15.2. The molecular formula is C16H16N4O2. The van der Waals surface area contributed by atoms with Crippen molar-refractivity contribution in [1.29, 1.82) is 0 Å². The molecule has 112 valence electrons. The largest absolute Gasteiger partial charge is 0.386 e. The second-order valence-electron chi connectivity index (χ2n) is 4.43. The van der Waals surface area contributed by atoms with Gasteiger partial charge in [0.1, 0.15) is 0 Å². The van der Waals surface area contributed by atoms with Crippen molar-refractivity contribution >= 4 is 18.1 Å². The van der Waals surface area contributed by atoms with E-state index in [0.717, 1.165) is 16.7 Å². The molecule has 2 aromatic rings. The molecule has 0 aliphatic heterocycles. The molecule has 0 radical (unpaired) electrons. The van der Waals surface area contributed by atoms with Gasteiger partial charge < -0.3 is 16.3 Å². The molecule has 4 N–H and O–H groups in total. The third kappa shape index (κ3) is 4.75. The average Bonchev–Trinajstić information content (AvgIpc) is 2.52. The molecule has 1 amide bonds. The van der Waals surface area contributed by atoms with Crippen LogP contribution >= 0.6 is 0 Å². The lowest BCUT2D eigenvalue weighted by Crippen LogP contribution is -2.25. The summed E-state index contributed by atoms with van der Waals surface area (Å²) in [6.45, 7) is -0.309. The zero-order valence-corrected chi connectivity index (χ0v) is 11.8. The summed E-state index contributed by atoms with van der Waals surface area (Å²) in [7, 11) is 0. The third-order valence-corrected chi connectivity index (χ3v) is 2.74. The molecule has 0 saturated heterocycles. The minimum absolute atomic E-state index is 0.297. The number of amides is 1. The summed E-state index contributed by atoms with van der Waals surface area (Å²) in [5.74, 6) is -0.884. The zero-order chi connectivity index (χ0) is 15.8. The van der Waals surface area contributed by atoms with Gasteiger partial charge >= 0.3 is 0 Å². The number of nitrogens with zero attached hydrogens (tertiary/aromatic N) is 2. The number of rotatable bonds is 5. The molecule has 0 saturated carbocycles.